The zero-order chi connectivity index (χ0) is 29.6. The van der Waals surface area contributed by atoms with Crippen molar-refractivity contribution < 1.29 is 33.4 Å². The van der Waals surface area contributed by atoms with E-state index < -0.39 is 23.8 Å². The maximum atomic E-state index is 11.7. The molecule has 1 amide bonds. The summed E-state index contributed by atoms with van der Waals surface area (Å²) in [6, 6.07) is -0.569. The van der Waals surface area contributed by atoms with Gasteiger partial charge in [-0.15, -0.1) is 50.3 Å². The van der Waals surface area contributed by atoms with Gasteiger partial charge in [0.2, 0.25) is 5.24 Å². The third-order valence-electron chi connectivity index (χ3n) is 3.70. The predicted molar refractivity (Wildman–Crippen MR) is 153 cm³/mol. The number of nitrogens with two attached hydrogens (primary N) is 1. The standard InChI is InChI=1S/C15H23NO4.C10H15NO2.C2H3ClO.ClH/c1-7-9-13(19-11(3)17)10-12(8-2)16-14(18)20-15(4,5)6;1-4-6-10(13-8(3)12)7-9(11)5-2;1-2(3)4;/h1,8,12-13H,2,9-10H2,3-6H3,(H,16,18);1,5,9-10H,2,6-7,11H2,3H3;1H3;1H/t12-,13-;9-,10-;;/m11../s1. The van der Waals surface area contributed by atoms with Gasteiger partial charge in [0.15, 0.2) is 0 Å². The van der Waals surface area contributed by atoms with Gasteiger partial charge in [-0.2, -0.15) is 0 Å². The first kappa shape index (κ1) is 42.1. The zero-order valence-electron chi connectivity index (χ0n) is 23.1. The third-order valence-corrected chi connectivity index (χ3v) is 3.70. The van der Waals surface area contributed by atoms with E-state index in [1.807, 2.05) is 0 Å². The predicted octanol–water partition coefficient (Wildman–Crippen LogP) is 4.45. The number of nitrogens with one attached hydrogen (secondary N) is 1. The van der Waals surface area contributed by atoms with Crippen LogP contribution < -0.4 is 11.1 Å². The van der Waals surface area contributed by atoms with Crippen molar-refractivity contribution in [3.8, 4) is 24.7 Å². The van der Waals surface area contributed by atoms with E-state index in [0.29, 0.717) is 19.3 Å². The van der Waals surface area contributed by atoms with E-state index in [-0.39, 0.29) is 48.2 Å². The molecule has 0 spiro atoms. The van der Waals surface area contributed by atoms with Crippen LogP contribution in [0.1, 0.15) is 67.2 Å². The first-order valence-corrected chi connectivity index (χ1v) is 11.8. The Balaban J connectivity index is -0.000000276. The van der Waals surface area contributed by atoms with Gasteiger partial charge in [0.1, 0.15) is 17.8 Å². The lowest BCUT2D eigenvalue weighted by molar-refractivity contribution is -0.147. The molecule has 0 saturated carbocycles. The Labute approximate surface area is 238 Å². The normalized spacial score (nSPS) is 12.6. The number of ether oxygens (including phenoxy) is 3. The van der Waals surface area contributed by atoms with Gasteiger partial charge in [-0.1, -0.05) is 12.2 Å². The van der Waals surface area contributed by atoms with Crippen molar-refractivity contribution in [2.75, 3.05) is 0 Å². The van der Waals surface area contributed by atoms with Crippen LogP contribution in [-0.2, 0) is 28.6 Å². The minimum Gasteiger partial charge on any atom is -0.461 e. The zero-order valence-corrected chi connectivity index (χ0v) is 24.7. The van der Waals surface area contributed by atoms with Crippen molar-refractivity contribution in [2.45, 2.75) is 97.1 Å². The van der Waals surface area contributed by atoms with Gasteiger partial charge in [-0.05, 0) is 32.4 Å². The second kappa shape index (κ2) is 24.4. The number of amides is 1. The van der Waals surface area contributed by atoms with E-state index in [1.54, 1.807) is 32.9 Å². The summed E-state index contributed by atoms with van der Waals surface area (Å²) in [5.74, 6) is 4.13. The average molecular weight is 578 g/mol. The summed E-state index contributed by atoms with van der Waals surface area (Å²) < 4.78 is 15.2. The number of terminal acetylenes is 2. The molecule has 0 heterocycles. The van der Waals surface area contributed by atoms with Crippen LogP contribution in [0.15, 0.2) is 25.3 Å². The Morgan fingerprint density at radius 1 is 0.947 bits per heavy atom. The molecule has 0 fully saturated rings. The van der Waals surface area contributed by atoms with Crippen LogP contribution in [0.2, 0.25) is 0 Å². The molecule has 0 aromatic heterocycles. The third kappa shape index (κ3) is 33.0. The van der Waals surface area contributed by atoms with Gasteiger partial charge < -0.3 is 25.3 Å². The summed E-state index contributed by atoms with van der Waals surface area (Å²) in [5.41, 5.74) is 5.02. The summed E-state index contributed by atoms with van der Waals surface area (Å²) >= 11 is 4.64. The Bertz CT molecular complexity index is 823. The van der Waals surface area contributed by atoms with E-state index in [2.05, 4.69) is 41.9 Å². The molecule has 216 valence electrons. The molecular weight excluding hydrogens is 535 g/mol. The first-order chi connectivity index (χ1) is 17.0. The number of carbonyl (C=O) groups excluding carboxylic acids is 4. The van der Waals surface area contributed by atoms with Crippen molar-refractivity contribution in [1.82, 2.24) is 5.32 Å². The topological polar surface area (TPSA) is 134 Å². The van der Waals surface area contributed by atoms with Gasteiger partial charge in [0, 0.05) is 52.5 Å². The Morgan fingerprint density at radius 2 is 1.34 bits per heavy atom. The molecule has 0 aliphatic rings. The maximum Gasteiger partial charge on any atom is 0.408 e. The van der Waals surface area contributed by atoms with Crippen molar-refractivity contribution in [3.05, 3.63) is 25.3 Å². The first-order valence-electron chi connectivity index (χ1n) is 11.4. The minimum atomic E-state index is -0.579. The van der Waals surface area contributed by atoms with Crippen LogP contribution in [0.5, 0.6) is 0 Å². The molecule has 0 rings (SSSR count). The smallest absolute Gasteiger partial charge is 0.408 e. The number of halogens is 2. The van der Waals surface area contributed by atoms with E-state index in [9.17, 15) is 19.2 Å². The lowest BCUT2D eigenvalue weighted by Crippen LogP contribution is -2.40. The number of esters is 2. The highest BCUT2D eigenvalue weighted by Gasteiger charge is 2.21. The van der Waals surface area contributed by atoms with Crippen LogP contribution in [0, 0.1) is 24.7 Å². The van der Waals surface area contributed by atoms with Crippen molar-refractivity contribution >= 4 is 47.3 Å². The quantitative estimate of drug-likeness (QED) is 0.121. The van der Waals surface area contributed by atoms with Crippen LogP contribution >= 0.6 is 24.0 Å². The molecule has 4 atom stereocenters. The number of hydrogen-bond donors (Lipinski definition) is 2. The van der Waals surface area contributed by atoms with Gasteiger partial charge >= 0.3 is 18.0 Å². The van der Waals surface area contributed by atoms with E-state index in [4.69, 9.17) is 32.8 Å². The molecule has 0 aromatic carbocycles. The second-order valence-electron chi connectivity index (χ2n) is 8.61. The molecule has 0 aromatic rings. The minimum absolute atomic E-state index is 0. The Kier molecular flexibility index (Phi) is 27.0. The lowest BCUT2D eigenvalue weighted by Gasteiger charge is -2.24. The summed E-state index contributed by atoms with van der Waals surface area (Å²) in [6.45, 7) is 16.5. The Morgan fingerprint density at radius 3 is 1.63 bits per heavy atom. The van der Waals surface area contributed by atoms with E-state index in [0.717, 1.165) is 0 Å². The van der Waals surface area contributed by atoms with Gasteiger partial charge in [0.25, 0.3) is 0 Å². The molecule has 3 N–H and O–H groups in total. The second-order valence-corrected chi connectivity index (χ2v) is 9.14. The highest BCUT2D eigenvalue weighted by Crippen LogP contribution is 2.11. The SMILES string of the molecule is C#CC[C@H](C[C@@H](C=C)NC(=O)OC(C)(C)C)OC(C)=O.C#CC[C@H](C[C@H](N)C=C)OC(C)=O.CC(=O)Cl.Cl. The van der Waals surface area contributed by atoms with Gasteiger partial charge in [0.05, 0.1) is 6.04 Å². The van der Waals surface area contributed by atoms with Crippen molar-refractivity contribution in [1.29, 1.82) is 0 Å². The fraction of sp³-hybridized carbons (Fsp3) is 0.556. The molecule has 0 radical (unpaired) electrons. The molecule has 0 saturated heterocycles. The van der Waals surface area contributed by atoms with Crippen molar-refractivity contribution in [2.24, 2.45) is 5.73 Å². The molecule has 0 aliphatic heterocycles. The molecule has 0 unspecified atom stereocenters. The number of alkyl carbamates (subject to hydrolysis) is 1. The van der Waals surface area contributed by atoms with Crippen LogP contribution in [0.3, 0.4) is 0 Å². The fourth-order valence-corrected chi connectivity index (χ4v) is 2.43. The van der Waals surface area contributed by atoms with E-state index >= 15 is 0 Å². The molecule has 11 heteroatoms. The molecule has 38 heavy (non-hydrogen) atoms. The molecular formula is C27H42Cl2N2O7. The summed E-state index contributed by atoms with van der Waals surface area (Å²) in [6.07, 6.45) is 13.7. The molecule has 0 aliphatic carbocycles. The average Bonchev–Trinajstić information content (AvgIpc) is 2.71. The highest BCUT2D eigenvalue weighted by atomic mass is 35.5. The largest absolute Gasteiger partial charge is 0.461 e. The van der Waals surface area contributed by atoms with E-state index in [1.165, 1.54) is 20.8 Å². The molecule has 9 nitrogen and oxygen atoms in total. The maximum absolute atomic E-state index is 11.7. The van der Waals surface area contributed by atoms with Gasteiger partial charge in [-0.3, -0.25) is 14.4 Å². The number of hydrogen-bond acceptors (Lipinski definition) is 8. The van der Waals surface area contributed by atoms with Crippen LogP contribution in [0.25, 0.3) is 0 Å². The molecule has 0 bridgehead atoms. The highest BCUT2D eigenvalue weighted by molar-refractivity contribution is 6.62. The summed E-state index contributed by atoms with van der Waals surface area (Å²) in [7, 11) is 0. The van der Waals surface area contributed by atoms with Crippen LogP contribution in [0.4, 0.5) is 4.79 Å². The summed E-state index contributed by atoms with van der Waals surface area (Å²) in [5, 5.41) is 2.29. The number of rotatable bonds is 11. The lowest BCUT2D eigenvalue weighted by atomic mass is 10.1. The fourth-order valence-electron chi connectivity index (χ4n) is 2.43. The monoisotopic (exact) mass is 576 g/mol. The van der Waals surface area contributed by atoms with Crippen molar-refractivity contribution in [3.63, 3.8) is 0 Å². The Hall–Kier alpha value is -2.98. The summed E-state index contributed by atoms with van der Waals surface area (Å²) in [4.78, 5) is 42.5. The van der Waals surface area contributed by atoms with Gasteiger partial charge in [-0.25, -0.2) is 4.79 Å². The number of carbonyl (C=O) groups is 4. The van der Waals surface area contributed by atoms with Crippen LogP contribution in [-0.4, -0.2) is 53.2 Å².